The summed E-state index contributed by atoms with van der Waals surface area (Å²) >= 11 is 0. The molecule has 0 spiro atoms. The molecule has 0 aliphatic carbocycles. The van der Waals surface area contributed by atoms with E-state index in [1.54, 1.807) is 0 Å². The van der Waals surface area contributed by atoms with E-state index in [4.69, 9.17) is 5.26 Å². The van der Waals surface area contributed by atoms with Gasteiger partial charge >= 0.3 is 0 Å². The number of rotatable bonds is 6. The van der Waals surface area contributed by atoms with E-state index in [9.17, 15) is 0 Å². The molecule has 0 saturated carbocycles. The zero-order valence-corrected chi connectivity index (χ0v) is 9.35. The van der Waals surface area contributed by atoms with Gasteiger partial charge in [-0.05, 0) is 25.3 Å². The normalized spacial score (nSPS) is 15.4. The lowest BCUT2D eigenvalue weighted by atomic mass is 9.92. The average Bonchev–Trinajstić information content (AvgIpc) is 2.12. The van der Waals surface area contributed by atoms with Gasteiger partial charge in [0.15, 0.2) is 0 Å². The Labute approximate surface area is 82.3 Å². The molecule has 0 aromatic heterocycles. The first-order chi connectivity index (χ1) is 6.10. The van der Waals surface area contributed by atoms with Crippen LogP contribution in [0.25, 0.3) is 0 Å². The van der Waals surface area contributed by atoms with Crippen LogP contribution in [0.2, 0.25) is 0 Å². The second kappa shape index (κ2) is 5.99. The van der Waals surface area contributed by atoms with Gasteiger partial charge in [-0.15, -0.1) is 0 Å². The molecule has 0 saturated heterocycles. The van der Waals surface area contributed by atoms with Gasteiger partial charge in [0.25, 0.3) is 0 Å². The van der Waals surface area contributed by atoms with Gasteiger partial charge in [-0.1, -0.05) is 34.1 Å². The summed E-state index contributed by atoms with van der Waals surface area (Å²) in [5, 5.41) is 12.5. The predicted molar refractivity (Wildman–Crippen MR) is 56.4 cm³/mol. The van der Waals surface area contributed by atoms with Crippen molar-refractivity contribution in [2.75, 3.05) is 6.54 Å². The number of nitrogens with zero attached hydrogens (tertiary/aromatic N) is 1. The molecule has 0 radical (unpaired) electrons. The quantitative estimate of drug-likeness (QED) is 0.685. The summed E-state index contributed by atoms with van der Waals surface area (Å²) < 4.78 is 0. The van der Waals surface area contributed by atoms with Gasteiger partial charge in [-0.2, -0.15) is 5.26 Å². The Morgan fingerprint density at radius 3 is 2.31 bits per heavy atom. The van der Waals surface area contributed by atoms with Crippen LogP contribution >= 0.6 is 0 Å². The molecule has 1 unspecified atom stereocenters. The van der Waals surface area contributed by atoms with Crippen molar-refractivity contribution in [3.8, 4) is 6.07 Å². The second-order valence-corrected chi connectivity index (χ2v) is 4.07. The lowest BCUT2D eigenvalue weighted by molar-refractivity contribution is 0.349. The molecule has 0 aromatic carbocycles. The van der Waals surface area contributed by atoms with Crippen LogP contribution in [-0.4, -0.2) is 12.1 Å². The summed E-state index contributed by atoms with van der Waals surface area (Å²) in [6.45, 7) is 9.46. The summed E-state index contributed by atoms with van der Waals surface area (Å²) in [7, 11) is 0. The molecule has 13 heavy (non-hydrogen) atoms. The largest absolute Gasteiger partial charge is 0.299 e. The molecular formula is C11H22N2. The standard InChI is InChI=1S/C11H22N2/c1-5-7-11(6-2,9-12)13-8-10(3)4/h10,13H,5-8H2,1-4H3. The highest BCUT2D eigenvalue weighted by Crippen LogP contribution is 2.16. The molecule has 1 atom stereocenters. The van der Waals surface area contributed by atoms with Crippen LogP contribution < -0.4 is 5.32 Å². The highest BCUT2D eigenvalue weighted by atomic mass is 15.0. The van der Waals surface area contributed by atoms with Crippen LogP contribution in [0.4, 0.5) is 0 Å². The van der Waals surface area contributed by atoms with Crippen LogP contribution in [0, 0.1) is 17.2 Å². The fourth-order valence-corrected chi connectivity index (χ4v) is 1.39. The smallest absolute Gasteiger partial charge is 0.106 e. The van der Waals surface area contributed by atoms with E-state index in [0.29, 0.717) is 5.92 Å². The minimum Gasteiger partial charge on any atom is -0.299 e. The molecule has 0 amide bonds. The Balaban J connectivity index is 4.15. The zero-order valence-electron chi connectivity index (χ0n) is 9.35. The number of hydrogen-bond acceptors (Lipinski definition) is 2. The molecule has 0 aromatic rings. The number of hydrogen-bond donors (Lipinski definition) is 1. The third-order valence-corrected chi connectivity index (χ3v) is 2.34. The summed E-state index contributed by atoms with van der Waals surface area (Å²) in [5.74, 6) is 0.608. The SMILES string of the molecule is CCCC(C#N)(CC)NCC(C)C. The van der Waals surface area contributed by atoms with Crippen molar-refractivity contribution in [3.05, 3.63) is 0 Å². The Morgan fingerprint density at radius 1 is 1.38 bits per heavy atom. The van der Waals surface area contributed by atoms with Crippen LogP contribution in [-0.2, 0) is 0 Å². The van der Waals surface area contributed by atoms with E-state index in [2.05, 4.69) is 39.1 Å². The van der Waals surface area contributed by atoms with Gasteiger partial charge in [-0.3, -0.25) is 5.32 Å². The Kier molecular flexibility index (Phi) is 5.73. The Bertz CT molecular complexity index is 169. The predicted octanol–water partition coefficient (Wildman–Crippen LogP) is 2.70. The zero-order chi connectivity index (χ0) is 10.3. The van der Waals surface area contributed by atoms with Crippen molar-refractivity contribution in [3.63, 3.8) is 0 Å². The first kappa shape index (κ1) is 12.4. The second-order valence-electron chi connectivity index (χ2n) is 4.07. The minimum atomic E-state index is -0.279. The highest BCUT2D eigenvalue weighted by molar-refractivity contribution is 5.05. The van der Waals surface area contributed by atoms with Crippen molar-refractivity contribution < 1.29 is 0 Å². The van der Waals surface area contributed by atoms with Crippen LogP contribution in [0.1, 0.15) is 47.0 Å². The molecule has 1 N–H and O–H groups in total. The summed E-state index contributed by atoms with van der Waals surface area (Å²) in [6, 6.07) is 2.41. The summed E-state index contributed by atoms with van der Waals surface area (Å²) in [5.41, 5.74) is -0.279. The van der Waals surface area contributed by atoms with E-state index in [1.165, 1.54) is 0 Å². The maximum Gasteiger partial charge on any atom is 0.106 e. The molecule has 2 nitrogen and oxygen atoms in total. The maximum atomic E-state index is 9.11. The van der Waals surface area contributed by atoms with E-state index >= 15 is 0 Å². The molecular weight excluding hydrogens is 160 g/mol. The fourth-order valence-electron chi connectivity index (χ4n) is 1.39. The number of nitrogens with one attached hydrogen (secondary N) is 1. The van der Waals surface area contributed by atoms with E-state index < -0.39 is 0 Å². The molecule has 0 rings (SSSR count). The van der Waals surface area contributed by atoms with Gasteiger partial charge in [0.1, 0.15) is 5.54 Å². The fraction of sp³-hybridized carbons (Fsp3) is 0.909. The molecule has 76 valence electrons. The van der Waals surface area contributed by atoms with Crippen LogP contribution in [0.15, 0.2) is 0 Å². The van der Waals surface area contributed by atoms with Crippen LogP contribution in [0.5, 0.6) is 0 Å². The van der Waals surface area contributed by atoms with E-state index in [0.717, 1.165) is 25.8 Å². The van der Waals surface area contributed by atoms with Crippen molar-refractivity contribution in [2.45, 2.75) is 52.5 Å². The van der Waals surface area contributed by atoms with E-state index in [-0.39, 0.29) is 5.54 Å². The van der Waals surface area contributed by atoms with Gasteiger partial charge in [0.2, 0.25) is 0 Å². The molecule has 0 bridgehead atoms. The molecule has 0 aliphatic rings. The lowest BCUT2D eigenvalue weighted by Crippen LogP contribution is -2.44. The van der Waals surface area contributed by atoms with Crippen LogP contribution in [0.3, 0.4) is 0 Å². The van der Waals surface area contributed by atoms with Crippen molar-refractivity contribution in [1.29, 1.82) is 5.26 Å². The van der Waals surface area contributed by atoms with Gasteiger partial charge < -0.3 is 0 Å². The molecule has 0 aliphatic heterocycles. The topological polar surface area (TPSA) is 35.8 Å². The van der Waals surface area contributed by atoms with Crippen molar-refractivity contribution in [1.82, 2.24) is 5.32 Å². The average molecular weight is 182 g/mol. The maximum absolute atomic E-state index is 9.11. The Hall–Kier alpha value is -0.550. The van der Waals surface area contributed by atoms with Gasteiger partial charge in [0.05, 0.1) is 6.07 Å². The number of nitriles is 1. The summed E-state index contributed by atoms with van der Waals surface area (Å²) in [4.78, 5) is 0. The molecule has 0 fully saturated rings. The third-order valence-electron chi connectivity index (χ3n) is 2.34. The molecule has 0 heterocycles. The van der Waals surface area contributed by atoms with E-state index in [1.807, 2.05) is 0 Å². The minimum absolute atomic E-state index is 0.279. The monoisotopic (exact) mass is 182 g/mol. The van der Waals surface area contributed by atoms with Crippen molar-refractivity contribution >= 4 is 0 Å². The summed E-state index contributed by atoms with van der Waals surface area (Å²) in [6.07, 6.45) is 2.91. The van der Waals surface area contributed by atoms with Crippen molar-refractivity contribution in [2.24, 2.45) is 5.92 Å². The molecule has 2 heteroatoms. The van der Waals surface area contributed by atoms with Gasteiger partial charge in [-0.25, -0.2) is 0 Å². The first-order valence-corrected chi connectivity index (χ1v) is 5.26. The lowest BCUT2D eigenvalue weighted by Gasteiger charge is -2.27. The third kappa shape index (κ3) is 4.28. The Morgan fingerprint density at radius 2 is 2.00 bits per heavy atom. The first-order valence-electron chi connectivity index (χ1n) is 5.26. The highest BCUT2D eigenvalue weighted by Gasteiger charge is 2.25. The van der Waals surface area contributed by atoms with Gasteiger partial charge in [0, 0.05) is 0 Å².